The summed E-state index contributed by atoms with van der Waals surface area (Å²) in [6.45, 7) is 11.4. The number of hydrogen-bond acceptors (Lipinski definition) is 5. The third-order valence-electron chi connectivity index (χ3n) is 5.62. The number of hydrogen-bond donors (Lipinski definition) is 0. The van der Waals surface area contributed by atoms with E-state index in [0.29, 0.717) is 18.9 Å². The summed E-state index contributed by atoms with van der Waals surface area (Å²) in [5.74, 6) is 0.815. The minimum absolute atomic E-state index is 0.0574. The molecule has 1 saturated carbocycles. The molecule has 3 rings (SSSR count). The van der Waals surface area contributed by atoms with Gasteiger partial charge in [-0.15, -0.1) is 0 Å². The maximum absolute atomic E-state index is 11.3. The number of cyclic esters (lactones) is 1. The number of fused-ring (bicyclic) bond motifs is 1. The average molecular weight is 314 g/mol. The number of carbonyl (C=O) groups excluding carboxylic acids is 1. The minimum Gasteiger partial charge on any atom is -0.464 e. The topological polar surface area (TPSA) is 44.8 Å². The molecule has 0 aromatic carbocycles. The van der Waals surface area contributed by atoms with Crippen molar-refractivity contribution in [1.29, 1.82) is 0 Å². The Morgan fingerprint density at radius 2 is 2.00 bits per heavy atom. The summed E-state index contributed by atoms with van der Waals surface area (Å²) >= 11 is 1.81. The van der Waals surface area contributed by atoms with Crippen molar-refractivity contribution in [1.82, 2.24) is 0 Å². The van der Waals surface area contributed by atoms with Gasteiger partial charge in [0.25, 0.3) is 0 Å². The van der Waals surface area contributed by atoms with Gasteiger partial charge in [0, 0.05) is 11.0 Å². The van der Waals surface area contributed by atoms with E-state index in [1.807, 2.05) is 13.8 Å². The van der Waals surface area contributed by atoms with Crippen LogP contribution in [0.1, 0.15) is 47.5 Å². The van der Waals surface area contributed by atoms with Gasteiger partial charge in [-0.1, -0.05) is 20.8 Å². The zero-order valence-electron chi connectivity index (χ0n) is 13.6. The molecule has 0 amide bonds. The van der Waals surface area contributed by atoms with Crippen LogP contribution in [0.3, 0.4) is 0 Å². The molecule has 0 N–H and O–H groups in total. The lowest BCUT2D eigenvalue weighted by molar-refractivity contribution is -0.189. The Hall–Kier alpha value is -0.260. The van der Waals surface area contributed by atoms with Gasteiger partial charge in [-0.2, -0.15) is 11.8 Å². The molecular formula is C16H26O4S. The maximum Gasteiger partial charge on any atom is 0.307 e. The van der Waals surface area contributed by atoms with Gasteiger partial charge in [-0.05, 0) is 31.6 Å². The molecule has 21 heavy (non-hydrogen) atoms. The van der Waals surface area contributed by atoms with E-state index in [1.54, 1.807) is 11.8 Å². The van der Waals surface area contributed by atoms with Crippen LogP contribution in [0.25, 0.3) is 0 Å². The summed E-state index contributed by atoms with van der Waals surface area (Å²) in [5, 5.41) is 0.256. The van der Waals surface area contributed by atoms with Crippen LogP contribution in [0.5, 0.6) is 0 Å². The largest absolute Gasteiger partial charge is 0.464 e. The van der Waals surface area contributed by atoms with Crippen LogP contribution >= 0.6 is 11.8 Å². The molecule has 120 valence electrons. The van der Waals surface area contributed by atoms with E-state index in [0.717, 1.165) is 12.2 Å². The Balaban J connectivity index is 1.79. The molecular weight excluding hydrogens is 288 g/mol. The van der Waals surface area contributed by atoms with Crippen LogP contribution < -0.4 is 0 Å². The molecule has 0 aromatic rings. The Morgan fingerprint density at radius 1 is 1.29 bits per heavy atom. The van der Waals surface area contributed by atoms with Gasteiger partial charge < -0.3 is 14.2 Å². The van der Waals surface area contributed by atoms with Crippen LogP contribution in [0.15, 0.2) is 0 Å². The molecule has 2 heterocycles. The number of esters is 1. The molecule has 4 atom stereocenters. The molecule has 0 aromatic heterocycles. The molecule has 3 fully saturated rings. The summed E-state index contributed by atoms with van der Waals surface area (Å²) in [7, 11) is 0. The lowest BCUT2D eigenvalue weighted by atomic mass is 9.73. The number of thioether (sulfide) groups is 1. The summed E-state index contributed by atoms with van der Waals surface area (Å²) in [6, 6.07) is 0. The number of ether oxygens (including phenoxy) is 3. The second kappa shape index (κ2) is 4.87. The van der Waals surface area contributed by atoms with E-state index in [-0.39, 0.29) is 28.3 Å². The van der Waals surface area contributed by atoms with Crippen molar-refractivity contribution in [3.8, 4) is 0 Å². The van der Waals surface area contributed by atoms with Crippen molar-refractivity contribution in [2.45, 2.75) is 70.2 Å². The Bertz CT molecular complexity index is 448. The van der Waals surface area contributed by atoms with E-state index in [4.69, 9.17) is 14.2 Å². The van der Waals surface area contributed by atoms with Crippen LogP contribution in [0.2, 0.25) is 0 Å². The van der Waals surface area contributed by atoms with Crippen LogP contribution in [-0.4, -0.2) is 41.1 Å². The first-order valence-corrected chi connectivity index (χ1v) is 8.86. The Labute approximate surface area is 131 Å². The first kappa shape index (κ1) is 15.6. The van der Waals surface area contributed by atoms with Crippen LogP contribution in [0.4, 0.5) is 0 Å². The highest BCUT2D eigenvalue weighted by molar-refractivity contribution is 8.00. The van der Waals surface area contributed by atoms with Gasteiger partial charge in [-0.25, -0.2) is 0 Å². The monoisotopic (exact) mass is 314 g/mol. The predicted molar refractivity (Wildman–Crippen MR) is 82.2 cm³/mol. The van der Waals surface area contributed by atoms with Gasteiger partial charge >= 0.3 is 5.97 Å². The van der Waals surface area contributed by atoms with Crippen molar-refractivity contribution in [3.63, 3.8) is 0 Å². The third kappa shape index (κ3) is 2.41. The number of carbonyl (C=O) groups is 1. The Morgan fingerprint density at radius 3 is 2.62 bits per heavy atom. The fraction of sp³-hybridized carbons (Fsp3) is 0.938. The van der Waals surface area contributed by atoms with Crippen LogP contribution in [-0.2, 0) is 19.0 Å². The summed E-state index contributed by atoms with van der Waals surface area (Å²) in [6.07, 6.45) is 1.70. The van der Waals surface area contributed by atoms with E-state index in [1.165, 1.54) is 0 Å². The summed E-state index contributed by atoms with van der Waals surface area (Å²) in [5.41, 5.74) is -0.214. The molecule has 2 unspecified atom stereocenters. The number of rotatable bonds is 3. The summed E-state index contributed by atoms with van der Waals surface area (Å²) in [4.78, 5) is 11.3. The maximum atomic E-state index is 11.3. The van der Waals surface area contributed by atoms with Gasteiger partial charge in [-0.3, -0.25) is 4.79 Å². The molecule has 0 radical (unpaired) electrons. The van der Waals surface area contributed by atoms with Crippen molar-refractivity contribution >= 4 is 17.7 Å². The normalized spacial score (nSPS) is 43.9. The Kier molecular flexibility index (Phi) is 3.62. The van der Waals surface area contributed by atoms with Gasteiger partial charge in [0.2, 0.25) is 0 Å². The van der Waals surface area contributed by atoms with E-state index < -0.39 is 5.79 Å². The zero-order valence-corrected chi connectivity index (χ0v) is 14.4. The summed E-state index contributed by atoms with van der Waals surface area (Å²) < 4.78 is 17.7. The lowest BCUT2D eigenvalue weighted by Gasteiger charge is -2.42. The highest BCUT2D eigenvalue weighted by Crippen LogP contribution is 2.60. The zero-order chi connectivity index (χ0) is 15.5. The quantitative estimate of drug-likeness (QED) is 0.749. The molecule has 0 spiro atoms. The van der Waals surface area contributed by atoms with Gasteiger partial charge in [0.05, 0.1) is 12.5 Å². The average Bonchev–Trinajstić information content (AvgIpc) is 2.93. The molecule has 5 heteroatoms. The van der Waals surface area contributed by atoms with E-state index in [2.05, 4.69) is 20.8 Å². The van der Waals surface area contributed by atoms with Gasteiger partial charge in [0.15, 0.2) is 5.79 Å². The smallest absolute Gasteiger partial charge is 0.307 e. The second-order valence-corrected chi connectivity index (χ2v) is 8.97. The molecule has 1 aliphatic carbocycles. The first-order valence-electron chi connectivity index (χ1n) is 7.81. The minimum atomic E-state index is -0.523. The van der Waals surface area contributed by atoms with Gasteiger partial charge in [0.1, 0.15) is 12.2 Å². The predicted octanol–water partition coefficient (Wildman–Crippen LogP) is 2.99. The molecule has 4 nitrogen and oxygen atoms in total. The molecule has 0 bridgehead atoms. The SMILES string of the molecule is CC1C[C@H]2OC(C)(C)O[C@@]2(CSC2COC(=O)C2)C1(C)C. The molecule has 2 aliphatic heterocycles. The van der Waals surface area contributed by atoms with E-state index in [9.17, 15) is 4.79 Å². The lowest BCUT2D eigenvalue weighted by Crippen LogP contribution is -2.51. The molecule has 2 saturated heterocycles. The fourth-order valence-corrected chi connectivity index (χ4v) is 5.45. The second-order valence-electron chi connectivity index (χ2n) is 7.68. The first-order chi connectivity index (χ1) is 9.66. The van der Waals surface area contributed by atoms with Crippen LogP contribution in [0, 0.1) is 11.3 Å². The van der Waals surface area contributed by atoms with Crippen molar-refractivity contribution in [2.24, 2.45) is 11.3 Å². The van der Waals surface area contributed by atoms with E-state index >= 15 is 0 Å². The third-order valence-corrected chi connectivity index (χ3v) is 6.99. The fourth-order valence-electron chi connectivity index (χ4n) is 3.93. The van der Waals surface area contributed by atoms with Crippen molar-refractivity contribution < 1.29 is 19.0 Å². The van der Waals surface area contributed by atoms with Crippen molar-refractivity contribution in [2.75, 3.05) is 12.4 Å². The highest BCUT2D eigenvalue weighted by Gasteiger charge is 2.66. The molecule has 3 aliphatic rings. The standard InChI is InChI=1S/C16H26O4S/c1-10-6-12-16(14(10,2)3,20-15(4,5)19-12)9-21-11-7-13(17)18-8-11/h10-12H,6-9H2,1-5H3/t10?,11?,12-,16-/m1/s1. The highest BCUT2D eigenvalue weighted by atomic mass is 32.2. The van der Waals surface area contributed by atoms with Crippen molar-refractivity contribution in [3.05, 3.63) is 0 Å².